The molecule has 5 heteroatoms. The number of nitrogens with one attached hydrogen (secondary N) is 1. The molecule has 94 valence electrons. The molecule has 0 spiro atoms. The van der Waals surface area contributed by atoms with Crippen LogP contribution in [0.1, 0.15) is 33.1 Å². The van der Waals surface area contributed by atoms with E-state index in [2.05, 4.69) is 5.32 Å². The van der Waals surface area contributed by atoms with Crippen molar-refractivity contribution < 1.29 is 19.2 Å². The summed E-state index contributed by atoms with van der Waals surface area (Å²) in [4.78, 5) is 22.8. The van der Waals surface area contributed by atoms with Gasteiger partial charge in [-0.15, -0.1) is 0 Å². The Morgan fingerprint density at radius 1 is 1.25 bits per heavy atom. The van der Waals surface area contributed by atoms with Crippen molar-refractivity contribution in [3.63, 3.8) is 0 Å². The first kappa shape index (κ1) is 14.9. The van der Waals surface area contributed by atoms with Crippen LogP contribution in [0.2, 0.25) is 0 Å². The molecule has 0 aromatic rings. The maximum absolute atomic E-state index is 11.4. The molecule has 0 aliphatic heterocycles. The number of carboxylic acid groups (broad SMARTS) is 1. The van der Waals surface area contributed by atoms with E-state index in [1.165, 1.54) is 0 Å². The topological polar surface area (TPSA) is 69.2 Å². The molecule has 1 N–H and O–H groups in total. The van der Waals surface area contributed by atoms with Crippen LogP contribution in [0.4, 0.5) is 0 Å². The van der Waals surface area contributed by atoms with Gasteiger partial charge in [0.25, 0.3) is 0 Å². The number of carboxylic acids is 1. The zero-order chi connectivity index (χ0) is 13.0. The first-order chi connectivity index (χ1) is 7.21. The lowest BCUT2D eigenvalue weighted by Gasteiger charge is -2.46. The highest BCUT2D eigenvalue weighted by Crippen LogP contribution is 2.21. The summed E-state index contributed by atoms with van der Waals surface area (Å²) in [5, 5.41) is 14.0. The highest BCUT2D eigenvalue weighted by atomic mass is 16.4. The van der Waals surface area contributed by atoms with Crippen LogP contribution in [-0.2, 0) is 9.59 Å². The molecule has 0 heterocycles. The molecule has 1 atom stereocenters. The second kappa shape index (κ2) is 5.30. The van der Waals surface area contributed by atoms with E-state index >= 15 is 0 Å². The third-order valence-corrected chi connectivity index (χ3v) is 2.76. The monoisotopic (exact) mass is 230 g/mol. The molecule has 16 heavy (non-hydrogen) atoms. The molecule has 0 fully saturated rings. The van der Waals surface area contributed by atoms with E-state index < -0.39 is 11.6 Å². The molecule has 0 saturated heterocycles. The summed E-state index contributed by atoms with van der Waals surface area (Å²) >= 11 is 0. The second-order valence-electron chi connectivity index (χ2n) is 4.81. The molecule has 0 rings (SSSR count). The van der Waals surface area contributed by atoms with Crippen molar-refractivity contribution in [2.24, 2.45) is 0 Å². The van der Waals surface area contributed by atoms with Gasteiger partial charge in [0.15, 0.2) is 0 Å². The molecule has 1 amide bonds. The summed E-state index contributed by atoms with van der Waals surface area (Å²) in [5.74, 6) is -1.51. The van der Waals surface area contributed by atoms with Crippen LogP contribution >= 0.6 is 0 Å². The summed E-state index contributed by atoms with van der Waals surface area (Å²) in [5.41, 5.74) is -1.35. The lowest BCUT2D eigenvalue weighted by atomic mass is 10.00. The number of carbonyl (C=O) groups excluding carboxylic acids is 2. The van der Waals surface area contributed by atoms with Gasteiger partial charge in [0.05, 0.1) is 21.1 Å². The number of hydrogen-bond acceptors (Lipinski definition) is 3. The average molecular weight is 230 g/mol. The van der Waals surface area contributed by atoms with E-state index in [1.807, 2.05) is 6.92 Å². The van der Waals surface area contributed by atoms with Gasteiger partial charge in [-0.2, -0.15) is 0 Å². The van der Waals surface area contributed by atoms with Gasteiger partial charge in [-0.3, -0.25) is 10.1 Å². The average Bonchev–Trinajstić information content (AvgIpc) is 2.14. The molecule has 0 bridgehead atoms. The molecule has 0 aromatic carbocycles. The minimum absolute atomic E-state index is 0.106. The van der Waals surface area contributed by atoms with Crippen molar-refractivity contribution in [3.05, 3.63) is 0 Å². The van der Waals surface area contributed by atoms with Crippen LogP contribution in [0.15, 0.2) is 0 Å². The Morgan fingerprint density at radius 2 is 1.75 bits per heavy atom. The first-order valence-corrected chi connectivity index (χ1v) is 5.55. The number of rotatable bonds is 6. The highest BCUT2D eigenvalue weighted by Gasteiger charge is 2.45. The second-order valence-corrected chi connectivity index (χ2v) is 4.81. The summed E-state index contributed by atoms with van der Waals surface area (Å²) < 4.78 is 0.106. The minimum atomic E-state index is -1.35. The number of aliphatic carboxylic acids is 1. The quantitative estimate of drug-likeness (QED) is 0.492. The van der Waals surface area contributed by atoms with Crippen LogP contribution in [0, 0.1) is 0 Å². The standard InChI is InChI=1S/C11H22N2O3/c1-6-8-11(10(15)16,13(3,4)5)12-9(14)7-2/h6-8H2,1-5H3,(H-,12,14,15,16). The Kier molecular flexibility index (Phi) is 4.93. The molecule has 0 radical (unpaired) electrons. The minimum Gasteiger partial charge on any atom is -0.542 e. The maximum atomic E-state index is 11.4. The van der Waals surface area contributed by atoms with Gasteiger partial charge in [-0.05, 0) is 6.42 Å². The summed E-state index contributed by atoms with van der Waals surface area (Å²) in [6.07, 6.45) is 1.27. The van der Waals surface area contributed by atoms with Crippen molar-refractivity contribution in [1.29, 1.82) is 0 Å². The van der Waals surface area contributed by atoms with Crippen molar-refractivity contribution >= 4 is 11.9 Å². The number of carbonyl (C=O) groups is 2. The molecular formula is C11H22N2O3. The van der Waals surface area contributed by atoms with E-state index in [4.69, 9.17) is 0 Å². The van der Waals surface area contributed by atoms with E-state index in [0.29, 0.717) is 12.8 Å². The Morgan fingerprint density at radius 3 is 2.00 bits per heavy atom. The number of hydrogen-bond donors (Lipinski definition) is 1. The molecule has 1 unspecified atom stereocenters. The van der Waals surface area contributed by atoms with Crippen molar-refractivity contribution in [1.82, 2.24) is 5.32 Å². The summed E-state index contributed by atoms with van der Waals surface area (Å²) in [7, 11) is 5.21. The van der Waals surface area contributed by atoms with Crippen molar-refractivity contribution in [2.45, 2.75) is 38.8 Å². The zero-order valence-electron chi connectivity index (χ0n) is 10.8. The molecule has 0 aromatic heterocycles. The fraction of sp³-hybridized carbons (Fsp3) is 0.818. The number of quaternary nitrogens is 1. The normalized spacial score (nSPS) is 15.3. The van der Waals surface area contributed by atoms with Gasteiger partial charge in [0.2, 0.25) is 11.6 Å². The third kappa shape index (κ3) is 2.95. The van der Waals surface area contributed by atoms with Crippen LogP contribution in [-0.4, -0.2) is 43.2 Å². The number of likely N-dealkylation sites (N-methyl/N-ethyl adjacent to an activating group) is 1. The fourth-order valence-corrected chi connectivity index (χ4v) is 1.67. The predicted octanol–water partition coefficient (Wildman–Crippen LogP) is -0.535. The summed E-state index contributed by atoms with van der Waals surface area (Å²) in [6.45, 7) is 3.57. The van der Waals surface area contributed by atoms with Gasteiger partial charge >= 0.3 is 0 Å². The Bertz CT molecular complexity index is 271. The lowest BCUT2D eigenvalue weighted by Crippen LogP contribution is -2.74. The Balaban J connectivity index is 5.27. The maximum Gasteiger partial charge on any atom is 0.224 e. The van der Waals surface area contributed by atoms with E-state index in [-0.39, 0.29) is 16.8 Å². The fourth-order valence-electron chi connectivity index (χ4n) is 1.67. The van der Waals surface area contributed by atoms with Gasteiger partial charge in [-0.1, -0.05) is 13.8 Å². The Labute approximate surface area is 97.0 Å². The van der Waals surface area contributed by atoms with Gasteiger partial charge in [0, 0.05) is 12.8 Å². The molecule has 0 saturated carbocycles. The summed E-state index contributed by atoms with van der Waals surface area (Å²) in [6, 6.07) is 0. The molecule has 0 aliphatic rings. The van der Waals surface area contributed by atoms with Crippen LogP contribution in [0.3, 0.4) is 0 Å². The van der Waals surface area contributed by atoms with Crippen LogP contribution < -0.4 is 10.4 Å². The number of nitrogens with zero attached hydrogens (tertiary/aromatic N) is 1. The van der Waals surface area contributed by atoms with Crippen molar-refractivity contribution in [3.8, 4) is 0 Å². The lowest BCUT2D eigenvalue weighted by molar-refractivity contribution is -0.919. The van der Waals surface area contributed by atoms with Gasteiger partial charge in [0.1, 0.15) is 5.97 Å². The first-order valence-electron chi connectivity index (χ1n) is 5.55. The van der Waals surface area contributed by atoms with Gasteiger partial charge < -0.3 is 14.4 Å². The SMILES string of the molecule is CCCC(NC(=O)CC)(C(=O)[O-])[N+](C)(C)C. The molecule has 0 aliphatic carbocycles. The highest BCUT2D eigenvalue weighted by molar-refractivity contribution is 5.84. The van der Waals surface area contributed by atoms with Crippen LogP contribution in [0.25, 0.3) is 0 Å². The van der Waals surface area contributed by atoms with E-state index in [1.54, 1.807) is 28.1 Å². The van der Waals surface area contributed by atoms with Crippen molar-refractivity contribution in [2.75, 3.05) is 21.1 Å². The van der Waals surface area contributed by atoms with Gasteiger partial charge in [-0.25, -0.2) is 0 Å². The largest absolute Gasteiger partial charge is 0.542 e. The zero-order valence-corrected chi connectivity index (χ0v) is 10.8. The third-order valence-electron chi connectivity index (χ3n) is 2.76. The molecular weight excluding hydrogens is 208 g/mol. The molecule has 5 nitrogen and oxygen atoms in total. The van der Waals surface area contributed by atoms with E-state index in [0.717, 1.165) is 0 Å². The predicted molar refractivity (Wildman–Crippen MR) is 59.1 cm³/mol. The smallest absolute Gasteiger partial charge is 0.224 e. The van der Waals surface area contributed by atoms with Crippen LogP contribution in [0.5, 0.6) is 0 Å². The Hall–Kier alpha value is -1.10. The van der Waals surface area contributed by atoms with E-state index in [9.17, 15) is 14.7 Å². The number of amides is 1.